The van der Waals surface area contributed by atoms with Crippen LogP contribution >= 0.6 is 11.8 Å². The van der Waals surface area contributed by atoms with Gasteiger partial charge < -0.3 is 4.57 Å². The van der Waals surface area contributed by atoms with E-state index in [9.17, 15) is 4.79 Å². The molecule has 1 fully saturated rings. The number of ketones is 1. The Kier molecular flexibility index (Phi) is 2.90. The molecule has 0 radical (unpaired) electrons. The molecule has 1 aromatic heterocycles. The second-order valence-electron chi connectivity index (χ2n) is 7.06. The lowest BCUT2D eigenvalue weighted by molar-refractivity contribution is 0.0910. The zero-order chi connectivity index (χ0) is 13.8. The number of hydrogen-bond acceptors (Lipinski definition) is 2. The average Bonchev–Trinajstić information content (AvgIpc) is 3.02. The van der Waals surface area contributed by atoms with E-state index in [1.807, 2.05) is 11.8 Å². The molecule has 1 heterocycles. The third-order valence-electron chi connectivity index (χ3n) is 4.69. The van der Waals surface area contributed by atoms with E-state index in [-0.39, 0.29) is 5.41 Å². The van der Waals surface area contributed by atoms with Crippen molar-refractivity contribution in [2.45, 2.75) is 57.7 Å². The SMILES string of the molecule is CSC1(Cn2c(C)cc3c2CC(C)(C)CC3=O)CC1. The Balaban J connectivity index is 2.00. The van der Waals surface area contributed by atoms with Crippen molar-refractivity contribution in [1.82, 2.24) is 4.57 Å². The molecule has 0 atom stereocenters. The number of rotatable bonds is 3. The minimum Gasteiger partial charge on any atom is -0.347 e. The summed E-state index contributed by atoms with van der Waals surface area (Å²) in [5.74, 6) is 0.335. The predicted molar refractivity (Wildman–Crippen MR) is 81.1 cm³/mol. The fraction of sp³-hybridized carbons (Fsp3) is 0.688. The van der Waals surface area contributed by atoms with Crippen molar-refractivity contribution in [2.75, 3.05) is 6.26 Å². The largest absolute Gasteiger partial charge is 0.347 e. The maximum absolute atomic E-state index is 12.3. The number of aryl methyl sites for hydroxylation is 1. The van der Waals surface area contributed by atoms with Crippen LogP contribution in [0.3, 0.4) is 0 Å². The Labute approximate surface area is 120 Å². The van der Waals surface area contributed by atoms with Crippen LogP contribution in [0.5, 0.6) is 0 Å². The standard InChI is InChI=1S/C16H23NOS/c1-11-7-12-13(8-15(2,3)9-14(12)18)17(11)10-16(19-4)5-6-16/h7H,5-6,8-10H2,1-4H3. The number of Topliss-reactive ketones (excluding diaryl/α,β-unsaturated/α-hetero) is 1. The molecule has 0 aromatic carbocycles. The van der Waals surface area contributed by atoms with Crippen molar-refractivity contribution in [3.8, 4) is 0 Å². The van der Waals surface area contributed by atoms with Gasteiger partial charge in [-0.1, -0.05) is 13.8 Å². The van der Waals surface area contributed by atoms with Crippen LogP contribution < -0.4 is 0 Å². The molecule has 104 valence electrons. The van der Waals surface area contributed by atoms with E-state index in [4.69, 9.17) is 0 Å². The molecule has 0 bridgehead atoms. The monoisotopic (exact) mass is 277 g/mol. The van der Waals surface area contributed by atoms with Gasteiger partial charge in [-0.3, -0.25) is 4.79 Å². The van der Waals surface area contributed by atoms with Crippen LogP contribution in [0, 0.1) is 12.3 Å². The van der Waals surface area contributed by atoms with E-state index in [0.717, 1.165) is 18.5 Å². The molecular formula is C16H23NOS. The molecule has 0 amide bonds. The number of carbonyl (C=O) groups is 1. The summed E-state index contributed by atoms with van der Waals surface area (Å²) in [7, 11) is 0. The lowest BCUT2D eigenvalue weighted by Crippen LogP contribution is -2.29. The maximum Gasteiger partial charge on any atom is 0.165 e. The second kappa shape index (κ2) is 4.15. The normalized spacial score (nSPS) is 23.3. The van der Waals surface area contributed by atoms with Gasteiger partial charge in [0, 0.05) is 34.7 Å². The van der Waals surface area contributed by atoms with E-state index >= 15 is 0 Å². The molecule has 2 nitrogen and oxygen atoms in total. The number of thioether (sulfide) groups is 1. The van der Waals surface area contributed by atoms with Gasteiger partial charge in [-0.05, 0) is 43.9 Å². The highest BCUT2D eigenvalue weighted by atomic mass is 32.2. The molecule has 0 N–H and O–H groups in total. The Morgan fingerprint density at radius 3 is 2.58 bits per heavy atom. The quantitative estimate of drug-likeness (QED) is 0.837. The summed E-state index contributed by atoms with van der Waals surface area (Å²) in [6.45, 7) is 7.65. The molecule has 3 rings (SSSR count). The highest BCUT2D eigenvalue weighted by molar-refractivity contribution is 8.00. The Bertz CT molecular complexity index is 537. The number of hydrogen-bond donors (Lipinski definition) is 0. The summed E-state index contributed by atoms with van der Waals surface area (Å²) in [6, 6.07) is 2.11. The van der Waals surface area contributed by atoms with Gasteiger partial charge in [-0.2, -0.15) is 11.8 Å². The van der Waals surface area contributed by atoms with Crippen LogP contribution in [-0.4, -0.2) is 21.4 Å². The third kappa shape index (κ3) is 2.26. The number of carbonyl (C=O) groups excluding carboxylic acids is 1. The summed E-state index contributed by atoms with van der Waals surface area (Å²) in [4.78, 5) is 12.3. The van der Waals surface area contributed by atoms with Crippen LogP contribution in [0.4, 0.5) is 0 Å². The zero-order valence-corrected chi connectivity index (χ0v) is 13.2. The number of nitrogens with zero attached hydrogens (tertiary/aromatic N) is 1. The van der Waals surface area contributed by atoms with Crippen molar-refractivity contribution < 1.29 is 4.79 Å². The predicted octanol–water partition coefficient (Wildman–Crippen LogP) is 3.85. The summed E-state index contributed by atoms with van der Waals surface area (Å²) >= 11 is 1.99. The summed E-state index contributed by atoms with van der Waals surface area (Å²) in [6.07, 6.45) is 6.58. The molecular weight excluding hydrogens is 254 g/mol. The fourth-order valence-electron chi connectivity index (χ4n) is 3.28. The third-order valence-corrected chi connectivity index (χ3v) is 6.09. The first-order chi connectivity index (χ1) is 8.86. The van der Waals surface area contributed by atoms with Crippen molar-refractivity contribution in [1.29, 1.82) is 0 Å². The van der Waals surface area contributed by atoms with Crippen LogP contribution in [-0.2, 0) is 13.0 Å². The minimum atomic E-state index is 0.114. The molecule has 2 aliphatic rings. The van der Waals surface area contributed by atoms with E-state index in [1.54, 1.807) is 0 Å². The van der Waals surface area contributed by atoms with Crippen molar-refractivity contribution in [3.63, 3.8) is 0 Å². The Morgan fingerprint density at radius 2 is 2.00 bits per heavy atom. The van der Waals surface area contributed by atoms with Crippen molar-refractivity contribution >= 4 is 17.5 Å². The first-order valence-electron chi connectivity index (χ1n) is 7.13. The second-order valence-corrected chi connectivity index (χ2v) is 8.33. The van der Waals surface area contributed by atoms with E-state index < -0.39 is 0 Å². The topological polar surface area (TPSA) is 22.0 Å². The van der Waals surface area contributed by atoms with Crippen molar-refractivity contribution in [2.24, 2.45) is 5.41 Å². The first-order valence-corrected chi connectivity index (χ1v) is 8.36. The van der Waals surface area contributed by atoms with Gasteiger partial charge in [0.1, 0.15) is 0 Å². The zero-order valence-electron chi connectivity index (χ0n) is 12.4. The lowest BCUT2D eigenvalue weighted by Gasteiger charge is -2.30. The smallest absolute Gasteiger partial charge is 0.165 e. The Hall–Kier alpha value is -0.700. The van der Waals surface area contributed by atoms with Crippen LogP contribution in [0.1, 0.15) is 54.9 Å². The maximum atomic E-state index is 12.3. The molecule has 0 spiro atoms. The van der Waals surface area contributed by atoms with E-state index in [1.165, 1.54) is 24.2 Å². The molecule has 0 saturated heterocycles. The van der Waals surface area contributed by atoms with Gasteiger partial charge in [0.15, 0.2) is 5.78 Å². The van der Waals surface area contributed by atoms with E-state index in [2.05, 4.69) is 37.7 Å². The van der Waals surface area contributed by atoms with Crippen LogP contribution in [0.15, 0.2) is 6.07 Å². The van der Waals surface area contributed by atoms with Gasteiger partial charge >= 0.3 is 0 Å². The summed E-state index contributed by atoms with van der Waals surface area (Å²) in [5.41, 5.74) is 3.66. The fourth-order valence-corrected chi connectivity index (χ4v) is 4.05. The van der Waals surface area contributed by atoms with E-state index in [0.29, 0.717) is 17.0 Å². The molecule has 2 aliphatic carbocycles. The molecule has 1 aromatic rings. The van der Waals surface area contributed by atoms with Gasteiger partial charge in [-0.25, -0.2) is 0 Å². The average molecular weight is 277 g/mol. The lowest BCUT2D eigenvalue weighted by atomic mass is 9.76. The first kappa shape index (κ1) is 13.3. The number of aromatic nitrogens is 1. The molecule has 19 heavy (non-hydrogen) atoms. The van der Waals surface area contributed by atoms with Crippen molar-refractivity contribution in [3.05, 3.63) is 23.0 Å². The Morgan fingerprint density at radius 1 is 1.32 bits per heavy atom. The van der Waals surface area contributed by atoms with Crippen LogP contribution in [0.25, 0.3) is 0 Å². The van der Waals surface area contributed by atoms with Crippen LogP contribution in [0.2, 0.25) is 0 Å². The summed E-state index contributed by atoms with van der Waals surface area (Å²) < 4.78 is 2.87. The highest BCUT2D eigenvalue weighted by Gasteiger charge is 2.44. The van der Waals surface area contributed by atoms with Gasteiger partial charge in [0.2, 0.25) is 0 Å². The summed E-state index contributed by atoms with van der Waals surface area (Å²) in [5, 5.41) is 0. The molecule has 0 aliphatic heterocycles. The molecule has 1 saturated carbocycles. The van der Waals surface area contributed by atoms with Gasteiger partial charge in [0.25, 0.3) is 0 Å². The van der Waals surface area contributed by atoms with Gasteiger partial charge in [0.05, 0.1) is 0 Å². The highest BCUT2D eigenvalue weighted by Crippen LogP contribution is 2.49. The van der Waals surface area contributed by atoms with Gasteiger partial charge in [-0.15, -0.1) is 0 Å². The minimum absolute atomic E-state index is 0.114. The molecule has 3 heteroatoms. The molecule has 0 unspecified atom stereocenters. The number of fused-ring (bicyclic) bond motifs is 1.